The molecule has 3 rings (SSSR count). The van der Waals surface area contributed by atoms with E-state index >= 15 is 0 Å². The first-order valence-electron chi connectivity index (χ1n) is 8.37. The van der Waals surface area contributed by atoms with E-state index in [0.29, 0.717) is 30.0 Å². The standard InChI is InChI=1S/C17H21N3O5S/c1-17(2,3)25-16(23)19-6-4-5-12(19)14(22)24-10-11-9-13(21)20-7-8-26-15(20)18-11/h7-9,12H,4-6,10H2,1-3H3/t12-/m1/s1. The molecule has 0 saturated carbocycles. The number of hydrogen-bond acceptors (Lipinski definition) is 7. The molecule has 2 aromatic rings. The van der Waals surface area contributed by atoms with Gasteiger partial charge >= 0.3 is 12.1 Å². The summed E-state index contributed by atoms with van der Waals surface area (Å²) in [4.78, 5) is 42.9. The number of likely N-dealkylation sites (tertiary alicyclic amines) is 1. The van der Waals surface area contributed by atoms with Crippen LogP contribution in [0.4, 0.5) is 4.79 Å². The van der Waals surface area contributed by atoms with Crippen molar-refractivity contribution in [1.29, 1.82) is 0 Å². The summed E-state index contributed by atoms with van der Waals surface area (Å²) in [6.07, 6.45) is 2.36. The number of aromatic nitrogens is 2. The predicted molar refractivity (Wildman–Crippen MR) is 95.1 cm³/mol. The van der Waals surface area contributed by atoms with Gasteiger partial charge in [-0.3, -0.25) is 14.1 Å². The van der Waals surface area contributed by atoms with Crippen LogP contribution in [0.5, 0.6) is 0 Å². The van der Waals surface area contributed by atoms with Crippen molar-refractivity contribution < 1.29 is 19.1 Å². The average molecular weight is 379 g/mol. The lowest BCUT2D eigenvalue weighted by atomic mass is 10.2. The van der Waals surface area contributed by atoms with E-state index in [1.54, 1.807) is 32.3 Å². The van der Waals surface area contributed by atoms with Gasteiger partial charge in [0.1, 0.15) is 18.2 Å². The van der Waals surface area contributed by atoms with Crippen molar-refractivity contribution in [3.63, 3.8) is 0 Å². The van der Waals surface area contributed by atoms with Crippen molar-refractivity contribution in [3.8, 4) is 0 Å². The summed E-state index contributed by atoms with van der Waals surface area (Å²) in [5, 5.41) is 1.76. The zero-order valence-corrected chi connectivity index (χ0v) is 15.7. The van der Waals surface area contributed by atoms with Crippen molar-refractivity contribution in [2.45, 2.75) is 51.9 Å². The molecule has 1 atom stereocenters. The van der Waals surface area contributed by atoms with Crippen molar-refractivity contribution in [2.75, 3.05) is 6.54 Å². The summed E-state index contributed by atoms with van der Waals surface area (Å²) in [5.41, 5.74) is -0.470. The SMILES string of the molecule is CC(C)(C)OC(=O)N1CCC[C@@H]1C(=O)OCc1cc(=O)n2ccsc2n1. The van der Waals surface area contributed by atoms with Crippen LogP contribution in [-0.4, -0.2) is 44.5 Å². The van der Waals surface area contributed by atoms with Gasteiger partial charge in [0.2, 0.25) is 0 Å². The molecule has 8 nitrogen and oxygen atoms in total. The molecule has 9 heteroatoms. The summed E-state index contributed by atoms with van der Waals surface area (Å²) >= 11 is 1.33. The number of ether oxygens (including phenoxy) is 2. The predicted octanol–water partition coefficient (Wildman–Crippen LogP) is 2.20. The fraction of sp³-hybridized carbons (Fsp3) is 0.529. The van der Waals surface area contributed by atoms with Crippen LogP contribution >= 0.6 is 11.3 Å². The van der Waals surface area contributed by atoms with Gasteiger partial charge in [-0.15, -0.1) is 11.3 Å². The molecule has 0 N–H and O–H groups in total. The molecule has 3 heterocycles. The third-order valence-electron chi connectivity index (χ3n) is 3.87. The quantitative estimate of drug-likeness (QED) is 0.760. The van der Waals surface area contributed by atoms with Gasteiger partial charge in [-0.1, -0.05) is 0 Å². The van der Waals surface area contributed by atoms with Gasteiger partial charge in [-0.05, 0) is 33.6 Å². The zero-order chi connectivity index (χ0) is 18.9. The molecule has 26 heavy (non-hydrogen) atoms. The van der Waals surface area contributed by atoms with Gasteiger partial charge in [0.25, 0.3) is 5.56 Å². The highest BCUT2D eigenvalue weighted by molar-refractivity contribution is 7.15. The Hall–Kier alpha value is -2.42. The lowest BCUT2D eigenvalue weighted by Gasteiger charge is -2.27. The number of carbonyl (C=O) groups is 2. The second-order valence-corrected chi connectivity index (χ2v) is 7.95. The van der Waals surface area contributed by atoms with Crippen molar-refractivity contribution in [1.82, 2.24) is 14.3 Å². The molecule has 140 valence electrons. The highest BCUT2D eigenvalue weighted by Gasteiger charge is 2.37. The van der Waals surface area contributed by atoms with Crippen LogP contribution in [0.1, 0.15) is 39.3 Å². The Morgan fingerprint density at radius 2 is 2.15 bits per heavy atom. The van der Waals surface area contributed by atoms with E-state index < -0.39 is 23.7 Å². The molecule has 1 aliphatic rings. The van der Waals surface area contributed by atoms with Gasteiger partial charge in [-0.2, -0.15) is 0 Å². The van der Waals surface area contributed by atoms with Crippen LogP contribution in [0.2, 0.25) is 0 Å². The number of carbonyl (C=O) groups excluding carboxylic acids is 2. The Kier molecular flexibility index (Phi) is 4.99. The van der Waals surface area contributed by atoms with Crippen LogP contribution in [0.15, 0.2) is 22.4 Å². The van der Waals surface area contributed by atoms with Crippen LogP contribution in [0.3, 0.4) is 0 Å². The van der Waals surface area contributed by atoms with E-state index in [1.807, 2.05) is 0 Å². The maximum atomic E-state index is 12.4. The molecule has 0 radical (unpaired) electrons. The highest BCUT2D eigenvalue weighted by atomic mass is 32.1. The smallest absolute Gasteiger partial charge is 0.411 e. The van der Waals surface area contributed by atoms with E-state index in [-0.39, 0.29) is 12.2 Å². The van der Waals surface area contributed by atoms with Gasteiger partial charge in [-0.25, -0.2) is 14.6 Å². The minimum atomic E-state index is -0.670. The fourth-order valence-electron chi connectivity index (χ4n) is 2.75. The van der Waals surface area contributed by atoms with Crippen LogP contribution in [0.25, 0.3) is 4.96 Å². The number of esters is 1. The number of thiazole rings is 1. The van der Waals surface area contributed by atoms with Gasteiger partial charge in [0.15, 0.2) is 4.96 Å². The zero-order valence-electron chi connectivity index (χ0n) is 14.9. The first kappa shape index (κ1) is 18.4. The average Bonchev–Trinajstić information content (AvgIpc) is 3.20. The molecule has 1 amide bonds. The minimum absolute atomic E-state index is 0.110. The first-order valence-corrected chi connectivity index (χ1v) is 9.24. The molecule has 0 unspecified atom stereocenters. The molecule has 2 aromatic heterocycles. The molecule has 1 saturated heterocycles. The number of rotatable bonds is 3. The van der Waals surface area contributed by atoms with Crippen LogP contribution < -0.4 is 5.56 Å². The van der Waals surface area contributed by atoms with E-state index in [1.165, 1.54) is 26.7 Å². The number of amides is 1. The molecular formula is C17H21N3O5S. The van der Waals surface area contributed by atoms with Crippen molar-refractivity contribution >= 4 is 28.4 Å². The summed E-state index contributed by atoms with van der Waals surface area (Å²) in [6.45, 7) is 5.67. The highest BCUT2D eigenvalue weighted by Crippen LogP contribution is 2.22. The maximum Gasteiger partial charge on any atom is 0.411 e. The Morgan fingerprint density at radius 3 is 2.88 bits per heavy atom. The Labute approximate surface area is 154 Å². The topological polar surface area (TPSA) is 90.2 Å². The first-order chi connectivity index (χ1) is 12.2. The summed E-state index contributed by atoms with van der Waals surface area (Å²) < 4.78 is 12.1. The van der Waals surface area contributed by atoms with Crippen LogP contribution in [0, 0.1) is 0 Å². The fourth-order valence-corrected chi connectivity index (χ4v) is 3.49. The molecule has 0 aliphatic carbocycles. The number of hydrogen-bond donors (Lipinski definition) is 0. The van der Waals surface area contributed by atoms with E-state index in [0.717, 1.165) is 0 Å². The molecular weight excluding hydrogens is 358 g/mol. The number of fused-ring (bicyclic) bond motifs is 1. The van der Waals surface area contributed by atoms with Gasteiger partial charge < -0.3 is 9.47 Å². The molecule has 0 spiro atoms. The van der Waals surface area contributed by atoms with E-state index in [2.05, 4.69) is 4.98 Å². The molecule has 0 bridgehead atoms. The molecule has 1 fully saturated rings. The summed E-state index contributed by atoms with van der Waals surface area (Å²) in [5.74, 6) is -0.512. The second-order valence-electron chi connectivity index (χ2n) is 7.08. The van der Waals surface area contributed by atoms with Crippen molar-refractivity contribution in [2.24, 2.45) is 0 Å². The Morgan fingerprint density at radius 1 is 1.38 bits per heavy atom. The second kappa shape index (κ2) is 7.06. The Balaban J connectivity index is 1.64. The van der Waals surface area contributed by atoms with E-state index in [9.17, 15) is 14.4 Å². The van der Waals surface area contributed by atoms with Crippen molar-refractivity contribution in [3.05, 3.63) is 33.7 Å². The third kappa shape index (κ3) is 4.04. The Bertz CT molecular complexity index is 882. The van der Waals surface area contributed by atoms with E-state index in [4.69, 9.17) is 9.47 Å². The summed E-state index contributed by atoms with van der Waals surface area (Å²) in [7, 11) is 0. The monoisotopic (exact) mass is 379 g/mol. The largest absolute Gasteiger partial charge is 0.458 e. The minimum Gasteiger partial charge on any atom is -0.458 e. The van der Waals surface area contributed by atoms with Crippen LogP contribution in [-0.2, 0) is 20.9 Å². The summed E-state index contributed by atoms with van der Waals surface area (Å²) in [6, 6.07) is 0.671. The van der Waals surface area contributed by atoms with Gasteiger partial charge in [0.05, 0.1) is 5.69 Å². The normalized spacial score (nSPS) is 17.5. The lowest BCUT2D eigenvalue weighted by Crippen LogP contribution is -2.44. The maximum absolute atomic E-state index is 12.4. The van der Waals surface area contributed by atoms with Gasteiger partial charge in [0, 0.05) is 24.2 Å². The molecule has 1 aliphatic heterocycles. The lowest BCUT2D eigenvalue weighted by molar-refractivity contribution is -0.150. The third-order valence-corrected chi connectivity index (χ3v) is 4.63. The number of nitrogens with zero attached hydrogens (tertiary/aromatic N) is 3. The molecule has 0 aromatic carbocycles.